The molecule has 0 aromatic heterocycles. The number of nitrogens with two attached hydrogens (primary N) is 1. The van der Waals surface area contributed by atoms with Crippen molar-refractivity contribution in [1.82, 2.24) is 4.31 Å². The topological polar surface area (TPSA) is 110 Å². The van der Waals surface area contributed by atoms with Crippen LogP contribution in [0.25, 0.3) is 0 Å². The zero-order valence-electron chi connectivity index (χ0n) is 14.3. The van der Waals surface area contributed by atoms with Crippen LogP contribution in [0, 0.1) is 0 Å². The fourth-order valence-corrected chi connectivity index (χ4v) is 4.84. The number of halogens is 1. The van der Waals surface area contributed by atoms with Crippen molar-refractivity contribution in [2.45, 2.75) is 23.8 Å². The van der Waals surface area contributed by atoms with Crippen molar-refractivity contribution < 1.29 is 18.0 Å². The predicted octanol–water partition coefficient (Wildman–Crippen LogP) is 2.23. The van der Waals surface area contributed by atoms with Crippen LogP contribution in [-0.4, -0.2) is 37.1 Å². The number of hydrogen-bond acceptors (Lipinski definition) is 4. The highest BCUT2D eigenvalue weighted by atomic mass is 35.5. The lowest BCUT2D eigenvalue weighted by Crippen LogP contribution is -2.43. The lowest BCUT2D eigenvalue weighted by Gasteiger charge is -2.23. The van der Waals surface area contributed by atoms with Gasteiger partial charge in [-0.25, -0.2) is 8.42 Å². The van der Waals surface area contributed by atoms with E-state index in [0.717, 1.165) is 0 Å². The van der Waals surface area contributed by atoms with Crippen molar-refractivity contribution >= 4 is 39.1 Å². The van der Waals surface area contributed by atoms with Crippen LogP contribution in [0.4, 0.5) is 5.69 Å². The van der Waals surface area contributed by atoms with E-state index < -0.39 is 27.9 Å². The van der Waals surface area contributed by atoms with Crippen molar-refractivity contribution in [3.63, 3.8) is 0 Å². The molecule has 0 bridgehead atoms. The lowest BCUT2D eigenvalue weighted by molar-refractivity contribution is -0.119. The molecule has 2 aromatic carbocycles. The van der Waals surface area contributed by atoms with Crippen molar-refractivity contribution in [2.75, 3.05) is 11.9 Å². The van der Waals surface area contributed by atoms with E-state index in [2.05, 4.69) is 5.32 Å². The van der Waals surface area contributed by atoms with Gasteiger partial charge < -0.3 is 11.1 Å². The second kappa shape index (κ2) is 7.67. The smallest absolute Gasteiger partial charge is 0.250 e. The van der Waals surface area contributed by atoms with Crippen molar-refractivity contribution in [3.8, 4) is 0 Å². The molecule has 7 nitrogen and oxygen atoms in total. The normalized spacial score (nSPS) is 17.6. The fraction of sp³-hybridized carbons (Fsp3) is 0.222. The molecule has 0 unspecified atom stereocenters. The van der Waals surface area contributed by atoms with Gasteiger partial charge >= 0.3 is 0 Å². The molecular weight excluding hydrogens is 390 g/mol. The summed E-state index contributed by atoms with van der Waals surface area (Å²) in [5.74, 6) is -1.18. The Morgan fingerprint density at radius 3 is 2.44 bits per heavy atom. The minimum atomic E-state index is -3.85. The van der Waals surface area contributed by atoms with Crippen molar-refractivity contribution in [2.24, 2.45) is 5.73 Å². The number of amides is 2. The average Bonchev–Trinajstić information content (AvgIpc) is 3.13. The van der Waals surface area contributed by atoms with Gasteiger partial charge in [0, 0.05) is 11.6 Å². The zero-order valence-corrected chi connectivity index (χ0v) is 15.8. The van der Waals surface area contributed by atoms with Crippen LogP contribution < -0.4 is 11.1 Å². The van der Waals surface area contributed by atoms with E-state index in [-0.39, 0.29) is 22.7 Å². The highest BCUT2D eigenvalue weighted by molar-refractivity contribution is 7.89. The molecule has 9 heteroatoms. The van der Waals surface area contributed by atoms with Crippen LogP contribution in [-0.2, 0) is 14.8 Å². The summed E-state index contributed by atoms with van der Waals surface area (Å²) in [7, 11) is -3.85. The molecule has 27 heavy (non-hydrogen) atoms. The summed E-state index contributed by atoms with van der Waals surface area (Å²) < 4.78 is 27.0. The van der Waals surface area contributed by atoms with Gasteiger partial charge in [0.15, 0.2) is 0 Å². The number of carbonyl (C=O) groups is 2. The molecule has 1 fully saturated rings. The SMILES string of the molecule is NC(=O)c1ccccc1NC(=O)[C@@H]1CCCN1S(=O)(=O)c1ccc(Cl)cc1. The van der Waals surface area contributed by atoms with Crippen LogP contribution in [0.2, 0.25) is 5.02 Å². The molecule has 1 heterocycles. The third-order valence-electron chi connectivity index (χ3n) is 4.38. The van der Waals surface area contributed by atoms with Gasteiger partial charge in [0.05, 0.1) is 16.1 Å². The Morgan fingerprint density at radius 2 is 1.78 bits per heavy atom. The van der Waals surface area contributed by atoms with Gasteiger partial charge in [0.1, 0.15) is 6.04 Å². The van der Waals surface area contributed by atoms with E-state index in [1.807, 2.05) is 0 Å². The maximum absolute atomic E-state index is 12.9. The van der Waals surface area contributed by atoms with Crippen LogP contribution >= 0.6 is 11.6 Å². The van der Waals surface area contributed by atoms with E-state index in [4.69, 9.17) is 17.3 Å². The van der Waals surface area contributed by atoms with Crippen LogP contribution in [0.15, 0.2) is 53.4 Å². The third kappa shape index (κ3) is 3.97. The van der Waals surface area contributed by atoms with Crippen LogP contribution in [0.5, 0.6) is 0 Å². The number of sulfonamides is 1. The first-order valence-electron chi connectivity index (χ1n) is 8.28. The molecular formula is C18H18ClN3O4S. The lowest BCUT2D eigenvalue weighted by atomic mass is 10.1. The first kappa shape index (κ1) is 19.3. The van der Waals surface area contributed by atoms with Gasteiger partial charge in [0.2, 0.25) is 15.9 Å². The first-order valence-corrected chi connectivity index (χ1v) is 10.1. The van der Waals surface area contributed by atoms with E-state index in [9.17, 15) is 18.0 Å². The number of hydrogen-bond donors (Lipinski definition) is 2. The molecule has 2 aromatic rings. The molecule has 3 N–H and O–H groups in total. The van der Waals surface area contributed by atoms with Gasteiger partial charge in [0.25, 0.3) is 5.91 Å². The number of para-hydroxylation sites is 1. The summed E-state index contributed by atoms with van der Waals surface area (Å²) in [5, 5.41) is 3.05. The van der Waals surface area contributed by atoms with Crippen LogP contribution in [0.3, 0.4) is 0 Å². The minimum absolute atomic E-state index is 0.0733. The molecule has 0 radical (unpaired) electrons. The second-order valence-corrected chi connectivity index (χ2v) is 8.45. The quantitative estimate of drug-likeness (QED) is 0.791. The summed E-state index contributed by atoms with van der Waals surface area (Å²) in [5.41, 5.74) is 5.74. The third-order valence-corrected chi connectivity index (χ3v) is 6.55. The Hall–Kier alpha value is -2.42. The van der Waals surface area contributed by atoms with Gasteiger partial charge in [-0.1, -0.05) is 23.7 Å². The number of nitrogens with zero attached hydrogens (tertiary/aromatic N) is 1. The largest absolute Gasteiger partial charge is 0.366 e. The van der Waals surface area contributed by atoms with E-state index in [1.54, 1.807) is 18.2 Å². The molecule has 1 aliphatic rings. The van der Waals surface area contributed by atoms with E-state index >= 15 is 0 Å². The number of anilines is 1. The molecule has 0 spiro atoms. The standard InChI is InChI=1S/C18H18ClN3O4S/c19-12-7-9-13(10-8-12)27(25,26)22-11-3-6-16(22)18(24)21-15-5-2-1-4-14(15)17(20)23/h1-2,4-5,7-10,16H,3,6,11H2,(H2,20,23)(H,21,24)/t16-/m0/s1. The molecule has 1 aliphatic heterocycles. The van der Waals surface area contributed by atoms with Gasteiger partial charge in [-0.05, 0) is 49.2 Å². The molecule has 3 rings (SSSR count). The minimum Gasteiger partial charge on any atom is -0.366 e. The van der Waals surface area contributed by atoms with Crippen molar-refractivity contribution in [1.29, 1.82) is 0 Å². The first-order chi connectivity index (χ1) is 12.8. The van der Waals surface area contributed by atoms with Crippen molar-refractivity contribution in [3.05, 3.63) is 59.1 Å². The predicted molar refractivity (Wildman–Crippen MR) is 102 cm³/mol. The summed E-state index contributed by atoms with van der Waals surface area (Å²) in [4.78, 5) is 24.3. The Morgan fingerprint density at radius 1 is 1.11 bits per heavy atom. The van der Waals surface area contributed by atoms with E-state index in [1.165, 1.54) is 34.6 Å². The molecule has 1 saturated heterocycles. The molecule has 2 amide bonds. The highest BCUT2D eigenvalue weighted by Crippen LogP contribution is 2.28. The summed E-state index contributed by atoms with van der Waals surface area (Å²) >= 11 is 5.82. The van der Waals surface area contributed by atoms with Crippen LogP contribution in [0.1, 0.15) is 23.2 Å². The molecule has 0 saturated carbocycles. The maximum Gasteiger partial charge on any atom is 0.250 e. The average molecular weight is 408 g/mol. The molecule has 0 aliphatic carbocycles. The molecule has 142 valence electrons. The van der Waals surface area contributed by atoms with Gasteiger partial charge in [-0.15, -0.1) is 0 Å². The molecule has 1 atom stereocenters. The summed E-state index contributed by atoms with van der Waals surface area (Å²) in [6, 6.07) is 11.2. The highest BCUT2D eigenvalue weighted by Gasteiger charge is 2.39. The monoisotopic (exact) mass is 407 g/mol. The summed E-state index contributed by atoms with van der Waals surface area (Å²) in [6.45, 7) is 0.237. The Kier molecular flexibility index (Phi) is 5.50. The Balaban J connectivity index is 1.85. The number of benzene rings is 2. The number of carbonyl (C=O) groups excluding carboxylic acids is 2. The number of primary amides is 1. The summed E-state index contributed by atoms with van der Waals surface area (Å²) in [6.07, 6.45) is 0.944. The fourth-order valence-electron chi connectivity index (χ4n) is 3.05. The number of rotatable bonds is 5. The maximum atomic E-state index is 12.9. The zero-order chi connectivity index (χ0) is 19.6. The Bertz CT molecular complexity index is 976. The van der Waals surface area contributed by atoms with E-state index in [0.29, 0.717) is 17.9 Å². The van der Waals surface area contributed by atoms with Gasteiger partial charge in [-0.2, -0.15) is 4.31 Å². The second-order valence-electron chi connectivity index (χ2n) is 6.13. The number of nitrogens with one attached hydrogen (secondary N) is 1. The van der Waals surface area contributed by atoms with Gasteiger partial charge in [-0.3, -0.25) is 9.59 Å². The Labute approximate surface area is 162 Å².